The summed E-state index contributed by atoms with van der Waals surface area (Å²) in [5.41, 5.74) is 8.83. The lowest BCUT2D eigenvalue weighted by Gasteiger charge is -2.07. The molecule has 0 unspecified atom stereocenters. The summed E-state index contributed by atoms with van der Waals surface area (Å²) in [6.07, 6.45) is 0.990. The van der Waals surface area contributed by atoms with Gasteiger partial charge >= 0.3 is 0 Å². The van der Waals surface area contributed by atoms with Gasteiger partial charge in [0.1, 0.15) is 0 Å². The van der Waals surface area contributed by atoms with Crippen LogP contribution in [0.3, 0.4) is 0 Å². The highest BCUT2D eigenvalue weighted by Gasteiger charge is 1.97. The standard InChI is InChI=1S/C15H16ClN3.ClH/c1-2-11-4-3-5-14(10-11)19-15(17)18-13-8-6-12(16)7-9-13;/h3-10H,2H2,1H3,(H3,17,18,19);1H. The van der Waals surface area contributed by atoms with Crippen LogP contribution in [0.15, 0.2) is 53.5 Å². The molecule has 3 N–H and O–H groups in total. The van der Waals surface area contributed by atoms with Crippen molar-refractivity contribution in [2.24, 2.45) is 10.7 Å². The molecule has 0 bridgehead atoms. The average molecular weight is 310 g/mol. The molecule has 0 fully saturated rings. The van der Waals surface area contributed by atoms with Crippen molar-refractivity contribution < 1.29 is 0 Å². The van der Waals surface area contributed by atoms with Gasteiger partial charge < -0.3 is 11.1 Å². The predicted octanol–water partition coefficient (Wildman–Crippen LogP) is 4.38. The third-order valence-corrected chi connectivity index (χ3v) is 2.94. The molecule has 106 valence electrons. The molecule has 0 amide bonds. The molecule has 0 atom stereocenters. The molecule has 2 rings (SSSR count). The molecule has 0 saturated heterocycles. The van der Waals surface area contributed by atoms with Crippen LogP contribution in [0.4, 0.5) is 11.4 Å². The lowest BCUT2D eigenvalue weighted by molar-refractivity contribution is 1.14. The highest BCUT2D eigenvalue weighted by molar-refractivity contribution is 6.30. The molecule has 2 aromatic rings. The number of halogens is 2. The van der Waals surface area contributed by atoms with Crippen LogP contribution in [-0.2, 0) is 6.42 Å². The van der Waals surface area contributed by atoms with E-state index in [4.69, 9.17) is 17.3 Å². The predicted molar refractivity (Wildman–Crippen MR) is 89.4 cm³/mol. The second kappa shape index (κ2) is 7.78. The normalized spacial score (nSPS) is 10.8. The molecule has 0 aliphatic rings. The molecule has 3 nitrogen and oxygen atoms in total. The summed E-state index contributed by atoms with van der Waals surface area (Å²) < 4.78 is 0. The summed E-state index contributed by atoms with van der Waals surface area (Å²) in [5, 5.41) is 3.76. The van der Waals surface area contributed by atoms with E-state index >= 15 is 0 Å². The molecule has 0 heterocycles. The zero-order valence-corrected chi connectivity index (χ0v) is 12.7. The van der Waals surface area contributed by atoms with Gasteiger partial charge in [-0.25, -0.2) is 4.99 Å². The Balaban J connectivity index is 0.00000200. The van der Waals surface area contributed by atoms with Crippen LogP contribution in [0.2, 0.25) is 5.02 Å². The summed E-state index contributed by atoms with van der Waals surface area (Å²) in [5.74, 6) is 0.357. The minimum absolute atomic E-state index is 0. The van der Waals surface area contributed by atoms with Crippen LogP contribution >= 0.6 is 24.0 Å². The molecule has 2 aromatic carbocycles. The minimum atomic E-state index is 0. The SMILES string of the molecule is CCc1cccc(NC(N)=Nc2ccc(Cl)cc2)c1.Cl. The first kappa shape index (κ1) is 16.3. The lowest BCUT2D eigenvalue weighted by atomic mass is 10.1. The van der Waals surface area contributed by atoms with Gasteiger partial charge in [0.25, 0.3) is 0 Å². The number of nitrogens with one attached hydrogen (secondary N) is 1. The molecule has 0 aromatic heterocycles. The fourth-order valence-electron chi connectivity index (χ4n) is 1.70. The number of anilines is 1. The number of aliphatic imine (C=N–C) groups is 1. The molecule has 0 radical (unpaired) electrons. The van der Waals surface area contributed by atoms with Crippen molar-refractivity contribution in [3.63, 3.8) is 0 Å². The van der Waals surface area contributed by atoms with Gasteiger partial charge in [-0.3, -0.25) is 0 Å². The van der Waals surface area contributed by atoms with E-state index in [2.05, 4.69) is 29.4 Å². The Morgan fingerprint density at radius 1 is 1.20 bits per heavy atom. The Labute approximate surface area is 130 Å². The Kier molecular flexibility index (Phi) is 6.36. The van der Waals surface area contributed by atoms with Gasteiger partial charge in [0, 0.05) is 10.7 Å². The first-order valence-corrected chi connectivity index (χ1v) is 6.51. The zero-order chi connectivity index (χ0) is 13.7. The first-order valence-electron chi connectivity index (χ1n) is 6.13. The summed E-state index contributed by atoms with van der Waals surface area (Å²) in [4.78, 5) is 4.28. The molecular weight excluding hydrogens is 293 g/mol. The Hall–Kier alpha value is -1.71. The van der Waals surface area contributed by atoms with Crippen LogP contribution in [0.1, 0.15) is 12.5 Å². The van der Waals surface area contributed by atoms with E-state index in [1.54, 1.807) is 12.1 Å². The van der Waals surface area contributed by atoms with Crippen LogP contribution in [0, 0.1) is 0 Å². The van der Waals surface area contributed by atoms with Crippen molar-refractivity contribution in [2.45, 2.75) is 13.3 Å². The topological polar surface area (TPSA) is 50.4 Å². The van der Waals surface area contributed by atoms with Crippen molar-refractivity contribution in [2.75, 3.05) is 5.32 Å². The van der Waals surface area contributed by atoms with Crippen molar-refractivity contribution in [1.29, 1.82) is 0 Å². The maximum Gasteiger partial charge on any atom is 0.198 e. The van der Waals surface area contributed by atoms with Crippen LogP contribution < -0.4 is 11.1 Å². The van der Waals surface area contributed by atoms with Crippen LogP contribution in [-0.4, -0.2) is 5.96 Å². The van der Waals surface area contributed by atoms with Gasteiger partial charge in [-0.1, -0.05) is 30.7 Å². The molecule has 0 aliphatic heterocycles. The van der Waals surface area contributed by atoms with Crippen molar-refractivity contribution in [3.8, 4) is 0 Å². The number of guanidine groups is 1. The maximum absolute atomic E-state index is 5.87. The van der Waals surface area contributed by atoms with Crippen LogP contribution in [0.5, 0.6) is 0 Å². The van der Waals surface area contributed by atoms with Crippen molar-refractivity contribution in [1.82, 2.24) is 0 Å². The summed E-state index contributed by atoms with van der Waals surface area (Å²) >= 11 is 5.82. The average Bonchev–Trinajstić information content (AvgIpc) is 2.41. The quantitative estimate of drug-likeness (QED) is 0.653. The fourth-order valence-corrected chi connectivity index (χ4v) is 1.83. The smallest absolute Gasteiger partial charge is 0.198 e. The van der Waals surface area contributed by atoms with Gasteiger partial charge in [0.05, 0.1) is 5.69 Å². The van der Waals surface area contributed by atoms with Gasteiger partial charge in [0.2, 0.25) is 0 Å². The maximum atomic E-state index is 5.87. The molecule has 5 heteroatoms. The van der Waals surface area contributed by atoms with E-state index in [1.165, 1.54) is 5.56 Å². The largest absolute Gasteiger partial charge is 0.369 e. The first-order chi connectivity index (χ1) is 9.17. The van der Waals surface area contributed by atoms with Gasteiger partial charge in [-0.15, -0.1) is 12.4 Å². The minimum Gasteiger partial charge on any atom is -0.369 e. The highest BCUT2D eigenvalue weighted by atomic mass is 35.5. The van der Waals surface area contributed by atoms with E-state index < -0.39 is 0 Å². The number of aryl methyl sites for hydroxylation is 1. The number of hydrogen-bond donors (Lipinski definition) is 2. The summed E-state index contributed by atoms with van der Waals surface area (Å²) in [7, 11) is 0. The highest BCUT2D eigenvalue weighted by Crippen LogP contribution is 2.16. The fraction of sp³-hybridized carbons (Fsp3) is 0.133. The number of rotatable bonds is 3. The van der Waals surface area contributed by atoms with E-state index in [9.17, 15) is 0 Å². The molecule has 0 spiro atoms. The number of nitrogens with two attached hydrogens (primary N) is 1. The van der Waals surface area contributed by atoms with E-state index in [0.29, 0.717) is 11.0 Å². The lowest BCUT2D eigenvalue weighted by Crippen LogP contribution is -2.21. The number of hydrogen-bond acceptors (Lipinski definition) is 1. The summed E-state index contributed by atoms with van der Waals surface area (Å²) in [6, 6.07) is 15.3. The second-order valence-electron chi connectivity index (χ2n) is 4.15. The Morgan fingerprint density at radius 3 is 2.55 bits per heavy atom. The van der Waals surface area contributed by atoms with Crippen molar-refractivity contribution in [3.05, 3.63) is 59.1 Å². The third kappa shape index (κ3) is 4.76. The molecule has 0 saturated carbocycles. The van der Waals surface area contributed by atoms with E-state index in [0.717, 1.165) is 17.8 Å². The third-order valence-electron chi connectivity index (χ3n) is 2.68. The van der Waals surface area contributed by atoms with E-state index in [1.807, 2.05) is 24.3 Å². The number of nitrogens with zero attached hydrogens (tertiary/aromatic N) is 1. The van der Waals surface area contributed by atoms with E-state index in [-0.39, 0.29) is 12.4 Å². The van der Waals surface area contributed by atoms with Crippen molar-refractivity contribution >= 4 is 41.3 Å². The summed E-state index contributed by atoms with van der Waals surface area (Å²) in [6.45, 7) is 2.12. The van der Waals surface area contributed by atoms with Crippen LogP contribution in [0.25, 0.3) is 0 Å². The molecule has 0 aliphatic carbocycles. The zero-order valence-electron chi connectivity index (χ0n) is 11.1. The monoisotopic (exact) mass is 309 g/mol. The van der Waals surface area contributed by atoms with Gasteiger partial charge in [-0.05, 0) is 48.4 Å². The second-order valence-corrected chi connectivity index (χ2v) is 4.59. The molecular formula is C15H17Cl2N3. The van der Waals surface area contributed by atoms with Gasteiger partial charge in [0.15, 0.2) is 5.96 Å². The number of benzene rings is 2. The Bertz CT molecular complexity index is 580. The van der Waals surface area contributed by atoms with Gasteiger partial charge in [-0.2, -0.15) is 0 Å². The Morgan fingerprint density at radius 2 is 1.90 bits per heavy atom. The molecule has 20 heavy (non-hydrogen) atoms.